The number of nitrogens with zero attached hydrogens (tertiary/aromatic N) is 3. The molecule has 0 spiro atoms. The van der Waals surface area contributed by atoms with Gasteiger partial charge in [0.05, 0.1) is 39.7 Å². The topological polar surface area (TPSA) is 65.9 Å². The minimum Gasteiger partial charge on any atom is -0.478 e. The van der Waals surface area contributed by atoms with Crippen molar-refractivity contribution in [3.63, 3.8) is 0 Å². The number of carboxylic acid groups (broad SMARTS) is 1. The van der Waals surface area contributed by atoms with Gasteiger partial charge in [-0.2, -0.15) is 0 Å². The second kappa shape index (κ2) is 10.7. The Morgan fingerprint density at radius 1 is 1.47 bits per heavy atom. The first-order chi connectivity index (χ1) is 14.5. The number of hydrogen-bond donors (Lipinski definition) is 1. The highest BCUT2D eigenvalue weighted by atomic mass is 32.2. The lowest BCUT2D eigenvalue weighted by atomic mass is 10.1. The first kappa shape index (κ1) is 22.5. The van der Waals surface area contributed by atoms with Crippen LogP contribution < -0.4 is 9.64 Å². The van der Waals surface area contributed by atoms with E-state index in [1.54, 1.807) is 29.9 Å². The fourth-order valence-electron chi connectivity index (χ4n) is 3.36. The lowest BCUT2D eigenvalue weighted by Crippen LogP contribution is -2.35. The van der Waals surface area contributed by atoms with E-state index in [9.17, 15) is 4.79 Å². The summed E-state index contributed by atoms with van der Waals surface area (Å²) in [5.74, 6) is -0.385. The number of rotatable bonds is 8. The van der Waals surface area contributed by atoms with Gasteiger partial charge in [0, 0.05) is 18.8 Å². The highest BCUT2D eigenvalue weighted by Gasteiger charge is 2.28. The van der Waals surface area contributed by atoms with Gasteiger partial charge in [0.2, 0.25) is 0 Å². The minimum absolute atomic E-state index is 0.386. The van der Waals surface area contributed by atoms with Gasteiger partial charge in [0.25, 0.3) is 0 Å². The third-order valence-corrected chi connectivity index (χ3v) is 6.81. The van der Waals surface area contributed by atoms with Crippen molar-refractivity contribution >= 4 is 41.1 Å². The standard InChI is InChI=1S/C22H27N3O3S2/c1-4-5-7-17-15-25(16-8-6-10-23-14-16)18-12-21(29-3)19(28-11-9-22(26)27)13-20(18)30-24(17)2/h6,8-14,17H,4-5,7,15H2,1-3H3,(H,26,27)/b11-9+. The van der Waals surface area contributed by atoms with Gasteiger partial charge in [-0.3, -0.25) is 4.98 Å². The van der Waals surface area contributed by atoms with Crippen LogP contribution in [0.1, 0.15) is 26.2 Å². The Morgan fingerprint density at radius 3 is 2.97 bits per heavy atom. The van der Waals surface area contributed by atoms with Crippen LogP contribution in [0.5, 0.6) is 5.75 Å². The third-order valence-electron chi connectivity index (χ3n) is 4.94. The first-order valence-electron chi connectivity index (χ1n) is 9.90. The number of fused-ring (bicyclic) bond motifs is 1. The number of carboxylic acids is 1. The largest absolute Gasteiger partial charge is 0.478 e. The molecule has 8 heteroatoms. The second-order valence-electron chi connectivity index (χ2n) is 6.98. The van der Waals surface area contributed by atoms with Gasteiger partial charge in [-0.05, 0) is 55.9 Å². The molecule has 1 aliphatic rings. The molecule has 1 N–H and O–H groups in total. The minimum atomic E-state index is -1.04. The van der Waals surface area contributed by atoms with Gasteiger partial charge in [-0.25, -0.2) is 9.10 Å². The Kier molecular flexibility index (Phi) is 8.07. The molecule has 1 atom stereocenters. The zero-order valence-electron chi connectivity index (χ0n) is 17.4. The summed E-state index contributed by atoms with van der Waals surface area (Å²) in [5.41, 5.74) is 2.17. The number of pyridine rings is 1. The molecular formula is C22H27N3O3S2. The summed E-state index contributed by atoms with van der Waals surface area (Å²) in [7, 11) is 2.13. The molecule has 2 heterocycles. The van der Waals surface area contributed by atoms with Crippen molar-refractivity contribution in [2.24, 2.45) is 0 Å². The highest BCUT2D eigenvalue weighted by Crippen LogP contribution is 2.45. The van der Waals surface area contributed by atoms with Crippen LogP contribution in [0, 0.1) is 0 Å². The summed E-state index contributed by atoms with van der Waals surface area (Å²) in [5, 5.41) is 8.85. The van der Waals surface area contributed by atoms with Crippen LogP contribution in [0.2, 0.25) is 0 Å². The van der Waals surface area contributed by atoms with Crippen molar-refractivity contribution in [3.05, 3.63) is 49.0 Å². The molecule has 0 saturated heterocycles. The van der Waals surface area contributed by atoms with Gasteiger partial charge in [0.1, 0.15) is 5.75 Å². The van der Waals surface area contributed by atoms with Crippen LogP contribution in [-0.4, -0.2) is 46.3 Å². The van der Waals surface area contributed by atoms with Gasteiger partial charge >= 0.3 is 5.97 Å². The van der Waals surface area contributed by atoms with Gasteiger partial charge < -0.3 is 14.7 Å². The maximum atomic E-state index is 10.8. The second-order valence-corrected chi connectivity index (χ2v) is 9.03. The molecule has 0 saturated carbocycles. The number of ether oxygens (including phenoxy) is 1. The van der Waals surface area contributed by atoms with E-state index in [0.29, 0.717) is 11.8 Å². The maximum Gasteiger partial charge on any atom is 0.331 e. The van der Waals surface area contributed by atoms with E-state index in [2.05, 4.69) is 40.3 Å². The summed E-state index contributed by atoms with van der Waals surface area (Å²) < 4.78 is 7.99. The zero-order valence-corrected chi connectivity index (χ0v) is 19.1. The van der Waals surface area contributed by atoms with Crippen molar-refractivity contribution in [1.82, 2.24) is 9.29 Å². The molecule has 0 aliphatic carbocycles. The van der Waals surface area contributed by atoms with Crippen molar-refractivity contribution in [2.45, 2.75) is 42.0 Å². The van der Waals surface area contributed by atoms with E-state index < -0.39 is 5.97 Å². The van der Waals surface area contributed by atoms with Crippen molar-refractivity contribution in [1.29, 1.82) is 0 Å². The number of aromatic nitrogens is 1. The molecule has 160 valence electrons. The number of carbonyl (C=O) groups is 1. The van der Waals surface area contributed by atoms with E-state index in [4.69, 9.17) is 9.84 Å². The number of hydrogen-bond acceptors (Lipinski definition) is 7. The summed E-state index contributed by atoms with van der Waals surface area (Å²) in [6, 6.07) is 8.56. The molecule has 2 aromatic rings. The number of thioether (sulfide) groups is 1. The van der Waals surface area contributed by atoms with Crippen molar-refractivity contribution in [2.75, 3.05) is 24.7 Å². The average molecular weight is 446 g/mol. The van der Waals surface area contributed by atoms with E-state index in [0.717, 1.165) is 40.2 Å². The molecule has 1 aliphatic heterocycles. The molecule has 0 amide bonds. The Labute approximate surface area is 186 Å². The number of likely N-dealkylation sites (N-methyl/N-ethyl adjacent to an activating group) is 1. The summed E-state index contributed by atoms with van der Waals surface area (Å²) in [4.78, 5) is 19.5. The molecule has 1 aromatic carbocycles. The van der Waals surface area contributed by atoms with E-state index in [1.807, 2.05) is 24.6 Å². The van der Waals surface area contributed by atoms with Crippen LogP contribution >= 0.6 is 23.7 Å². The van der Waals surface area contributed by atoms with E-state index in [-0.39, 0.29) is 0 Å². The molecule has 6 nitrogen and oxygen atoms in total. The van der Waals surface area contributed by atoms with E-state index in [1.165, 1.54) is 19.1 Å². The number of benzene rings is 1. The monoisotopic (exact) mass is 445 g/mol. The fourth-order valence-corrected chi connectivity index (χ4v) is 4.95. The van der Waals surface area contributed by atoms with Gasteiger partial charge in [-0.15, -0.1) is 11.8 Å². The van der Waals surface area contributed by atoms with Crippen molar-refractivity contribution in [3.8, 4) is 5.75 Å². The zero-order chi connectivity index (χ0) is 21.5. The predicted molar refractivity (Wildman–Crippen MR) is 124 cm³/mol. The molecule has 0 fully saturated rings. The highest BCUT2D eigenvalue weighted by molar-refractivity contribution is 7.98. The summed E-state index contributed by atoms with van der Waals surface area (Å²) >= 11 is 3.28. The van der Waals surface area contributed by atoms with Crippen LogP contribution in [0.15, 0.2) is 58.8 Å². The maximum absolute atomic E-state index is 10.8. The molecule has 3 rings (SSSR count). The lowest BCUT2D eigenvalue weighted by Gasteiger charge is -2.29. The summed E-state index contributed by atoms with van der Waals surface area (Å²) in [6.45, 7) is 3.09. The normalized spacial score (nSPS) is 17.0. The van der Waals surface area contributed by atoms with Crippen LogP contribution in [0.3, 0.4) is 0 Å². The predicted octanol–water partition coefficient (Wildman–Crippen LogP) is 5.43. The Hall–Kier alpha value is -2.16. The first-order valence-corrected chi connectivity index (χ1v) is 11.9. The van der Waals surface area contributed by atoms with Crippen LogP contribution in [0.25, 0.3) is 0 Å². The molecule has 0 bridgehead atoms. The van der Waals surface area contributed by atoms with Gasteiger partial charge in [-0.1, -0.05) is 19.8 Å². The lowest BCUT2D eigenvalue weighted by molar-refractivity contribution is -0.131. The molecule has 1 aromatic heterocycles. The fraction of sp³-hybridized carbons (Fsp3) is 0.364. The smallest absolute Gasteiger partial charge is 0.331 e. The molecular weight excluding hydrogens is 418 g/mol. The number of unbranched alkanes of at least 4 members (excludes halogenated alkanes) is 1. The Morgan fingerprint density at radius 2 is 2.30 bits per heavy atom. The average Bonchev–Trinajstić information content (AvgIpc) is 2.87. The summed E-state index contributed by atoms with van der Waals surface area (Å²) in [6.07, 6.45) is 11.4. The Balaban J connectivity index is 2.04. The quantitative estimate of drug-likeness (QED) is 0.250. The van der Waals surface area contributed by atoms with Crippen LogP contribution in [-0.2, 0) is 4.79 Å². The molecule has 30 heavy (non-hydrogen) atoms. The molecule has 1 unspecified atom stereocenters. The third kappa shape index (κ3) is 5.50. The number of aliphatic carboxylic acids is 1. The van der Waals surface area contributed by atoms with Gasteiger partial charge in [0.15, 0.2) is 0 Å². The Bertz CT molecular complexity index is 893. The van der Waals surface area contributed by atoms with Crippen LogP contribution in [0.4, 0.5) is 11.4 Å². The number of anilines is 2. The van der Waals surface area contributed by atoms with E-state index >= 15 is 0 Å². The van der Waals surface area contributed by atoms with Crippen molar-refractivity contribution < 1.29 is 14.6 Å². The SMILES string of the molecule is CCCCC1CN(c2cccnc2)c2cc(SC)c(O/C=C/C(=O)O)cc2SN1C. The molecule has 0 radical (unpaired) electrons.